The van der Waals surface area contributed by atoms with Crippen LogP contribution < -0.4 is 5.73 Å². The third-order valence-corrected chi connectivity index (χ3v) is 2.74. The van der Waals surface area contributed by atoms with Crippen LogP contribution in [-0.4, -0.2) is 36.6 Å². The minimum atomic E-state index is -0.311. The molecule has 4 nitrogen and oxygen atoms in total. The minimum absolute atomic E-state index is 0.0385. The summed E-state index contributed by atoms with van der Waals surface area (Å²) in [6.45, 7) is 6.75. The summed E-state index contributed by atoms with van der Waals surface area (Å²) in [6.07, 6.45) is 0. The quantitative estimate of drug-likeness (QED) is 0.859. The first-order chi connectivity index (χ1) is 9.81. The maximum Gasteiger partial charge on any atom is 0.248 e. The van der Waals surface area contributed by atoms with Crippen molar-refractivity contribution >= 4 is 5.91 Å². The van der Waals surface area contributed by atoms with Gasteiger partial charge in [0.2, 0.25) is 5.91 Å². The number of nitrogens with zero attached hydrogens (tertiary/aromatic N) is 1. The third-order valence-electron chi connectivity index (χ3n) is 2.74. The fraction of sp³-hybridized carbons (Fsp3) is 0.471. The molecule has 0 aliphatic carbocycles. The number of rotatable bonds is 4. The van der Waals surface area contributed by atoms with Crippen LogP contribution in [-0.2, 0) is 16.1 Å². The van der Waals surface area contributed by atoms with Gasteiger partial charge in [0, 0.05) is 19.2 Å². The van der Waals surface area contributed by atoms with Gasteiger partial charge >= 0.3 is 0 Å². The Morgan fingerprint density at radius 1 is 1.38 bits per heavy atom. The summed E-state index contributed by atoms with van der Waals surface area (Å²) in [7, 11) is 1.77. The average Bonchev–Trinajstić information content (AvgIpc) is 2.42. The van der Waals surface area contributed by atoms with E-state index >= 15 is 0 Å². The average molecular weight is 288 g/mol. The number of benzene rings is 1. The van der Waals surface area contributed by atoms with Gasteiger partial charge in [0.15, 0.2) is 0 Å². The molecule has 0 saturated carbocycles. The molecule has 0 unspecified atom stereocenters. The monoisotopic (exact) mass is 288 g/mol. The highest BCUT2D eigenvalue weighted by atomic mass is 16.5. The van der Waals surface area contributed by atoms with E-state index in [-0.39, 0.29) is 18.1 Å². The molecular weight excluding hydrogens is 264 g/mol. The molecule has 0 aliphatic rings. The molecule has 21 heavy (non-hydrogen) atoms. The molecule has 2 N–H and O–H groups in total. The second-order valence-corrected chi connectivity index (χ2v) is 5.86. The maximum absolute atomic E-state index is 12.0. The van der Waals surface area contributed by atoms with Gasteiger partial charge in [-0.25, -0.2) is 0 Å². The number of carbonyl (C=O) groups is 1. The van der Waals surface area contributed by atoms with Gasteiger partial charge in [-0.05, 0) is 38.5 Å². The number of amides is 1. The van der Waals surface area contributed by atoms with Gasteiger partial charge in [0.05, 0.1) is 12.1 Å². The first kappa shape index (κ1) is 17.2. The Bertz CT molecular complexity index is 536. The molecule has 0 bridgehead atoms. The molecule has 1 aromatic carbocycles. The van der Waals surface area contributed by atoms with E-state index in [0.29, 0.717) is 13.1 Å². The molecule has 0 atom stereocenters. The Labute approximate surface area is 127 Å². The van der Waals surface area contributed by atoms with Gasteiger partial charge in [-0.1, -0.05) is 24.0 Å². The van der Waals surface area contributed by atoms with Crippen LogP contribution in [0.4, 0.5) is 0 Å². The second-order valence-electron chi connectivity index (χ2n) is 5.86. The van der Waals surface area contributed by atoms with Crippen LogP contribution in [0, 0.1) is 11.8 Å². The van der Waals surface area contributed by atoms with Crippen molar-refractivity contribution in [3.05, 3.63) is 35.4 Å². The van der Waals surface area contributed by atoms with E-state index in [1.54, 1.807) is 11.9 Å². The number of hydrogen-bond acceptors (Lipinski definition) is 3. The summed E-state index contributed by atoms with van der Waals surface area (Å²) < 4.78 is 5.50. The van der Waals surface area contributed by atoms with Crippen molar-refractivity contribution in [1.82, 2.24) is 4.90 Å². The van der Waals surface area contributed by atoms with Crippen LogP contribution >= 0.6 is 0 Å². The largest absolute Gasteiger partial charge is 0.366 e. The van der Waals surface area contributed by atoms with Gasteiger partial charge in [-0.15, -0.1) is 0 Å². The predicted octanol–water partition coefficient (Wildman–Crippen LogP) is 1.77. The summed E-state index contributed by atoms with van der Waals surface area (Å²) in [5.41, 5.74) is 6.99. The van der Waals surface area contributed by atoms with Crippen molar-refractivity contribution in [1.29, 1.82) is 0 Å². The number of ether oxygens (including phenoxy) is 1. The van der Waals surface area contributed by atoms with Crippen LogP contribution in [0.5, 0.6) is 0 Å². The second kappa shape index (κ2) is 7.82. The highest BCUT2D eigenvalue weighted by Crippen LogP contribution is 2.09. The maximum atomic E-state index is 12.0. The van der Waals surface area contributed by atoms with Crippen molar-refractivity contribution in [3.8, 4) is 11.8 Å². The topological polar surface area (TPSA) is 55.6 Å². The fourth-order valence-electron chi connectivity index (χ4n) is 1.65. The summed E-state index contributed by atoms with van der Waals surface area (Å²) >= 11 is 0. The lowest BCUT2D eigenvalue weighted by atomic mass is 10.1. The standard InChI is InChI=1S/C17H24N2O2/c1-17(2,3)21-13-16(20)19(4)12-15-8-5-7-14(11-15)9-6-10-18/h5,7-8,11H,10,12-13,18H2,1-4H3. The first-order valence-electron chi connectivity index (χ1n) is 6.97. The SMILES string of the molecule is CN(Cc1cccc(C#CCN)c1)C(=O)COC(C)(C)C. The van der Waals surface area contributed by atoms with Crippen LogP contribution in [0.15, 0.2) is 24.3 Å². The van der Waals surface area contributed by atoms with E-state index < -0.39 is 0 Å². The number of carbonyl (C=O) groups excluding carboxylic acids is 1. The molecule has 0 heterocycles. The number of hydrogen-bond donors (Lipinski definition) is 1. The molecule has 114 valence electrons. The Morgan fingerprint density at radius 3 is 2.71 bits per heavy atom. The molecule has 0 aliphatic heterocycles. The van der Waals surface area contributed by atoms with Crippen molar-refractivity contribution in [2.45, 2.75) is 32.9 Å². The van der Waals surface area contributed by atoms with Crippen molar-refractivity contribution in [3.63, 3.8) is 0 Å². The van der Waals surface area contributed by atoms with Crippen LogP contribution in [0.2, 0.25) is 0 Å². The minimum Gasteiger partial charge on any atom is -0.366 e. The normalized spacial score (nSPS) is 10.7. The van der Waals surface area contributed by atoms with Crippen molar-refractivity contribution < 1.29 is 9.53 Å². The third kappa shape index (κ3) is 6.94. The zero-order valence-electron chi connectivity index (χ0n) is 13.3. The Balaban J connectivity index is 2.62. The van der Waals surface area contributed by atoms with E-state index in [9.17, 15) is 4.79 Å². The number of nitrogens with two attached hydrogens (primary N) is 1. The van der Waals surface area contributed by atoms with Crippen molar-refractivity contribution in [2.75, 3.05) is 20.2 Å². The van der Waals surface area contributed by atoms with Crippen LogP contribution in [0.3, 0.4) is 0 Å². The van der Waals surface area contributed by atoms with E-state index in [4.69, 9.17) is 10.5 Å². The van der Waals surface area contributed by atoms with E-state index in [1.165, 1.54) is 0 Å². The molecule has 0 saturated heterocycles. The Kier molecular flexibility index (Phi) is 6.41. The Morgan fingerprint density at radius 2 is 2.10 bits per heavy atom. The zero-order valence-corrected chi connectivity index (χ0v) is 13.3. The Hall–Kier alpha value is -1.83. The van der Waals surface area contributed by atoms with Gasteiger partial charge in [0.25, 0.3) is 0 Å². The van der Waals surface area contributed by atoms with E-state index in [2.05, 4.69) is 11.8 Å². The predicted molar refractivity (Wildman–Crippen MR) is 84.6 cm³/mol. The lowest BCUT2D eigenvalue weighted by molar-refractivity contribution is -0.140. The molecular formula is C17H24N2O2. The first-order valence-corrected chi connectivity index (χ1v) is 6.97. The lowest BCUT2D eigenvalue weighted by Crippen LogP contribution is -2.33. The van der Waals surface area contributed by atoms with Gasteiger partial charge in [-0.2, -0.15) is 0 Å². The summed E-state index contributed by atoms with van der Waals surface area (Å²) in [4.78, 5) is 13.7. The highest BCUT2D eigenvalue weighted by molar-refractivity contribution is 5.77. The molecule has 0 fully saturated rings. The summed E-state index contributed by atoms with van der Waals surface area (Å²) in [5.74, 6) is 5.77. The summed E-state index contributed by atoms with van der Waals surface area (Å²) in [6, 6.07) is 7.80. The van der Waals surface area contributed by atoms with Gasteiger partial charge < -0.3 is 15.4 Å². The smallest absolute Gasteiger partial charge is 0.248 e. The van der Waals surface area contributed by atoms with Crippen molar-refractivity contribution in [2.24, 2.45) is 5.73 Å². The highest BCUT2D eigenvalue weighted by Gasteiger charge is 2.15. The zero-order chi connectivity index (χ0) is 15.9. The van der Waals surface area contributed by atoms with E-state index in [0.717, 1.165) is 11.1 Å². The van der Waals surface area contributed by atoms with Gasteiger partial charge in [0.1, 0.15) is 6.61 Å². The summed E-state index contributed by atoms with van der Waals surface area (Å²) in [5, 5.41) is 0. The molecule has 0 radical (unpaired) electrons. The van der Waals surface area contributed by atoms with Crippen LogP contribution in [0.1, 0.15) is 31.9 Å². The van der Waals surface area contributed by atoms with Crippen LogP contribution in [0.25, 0.3) is 0 Å². The molecule has 1 aromatic rings. The lowest BCUT2D eigenvalue weighted by Gasteiger charge is -2.22. The van der Waals surface area contributed by atoms with Gasteiger partial charge in [-0.3, -0.25) is 4.79 Å². The van der Waals surface area contributed by atoms with E-state index in [1.807, 2.05) is 45.0 Å². The number of likely N-dealkylation sites (N-methyl/N-ethyl adjacent to an activating group) is 1. The molecule has 4 heteroatoms. The fourth-order valence-corrected chi connectivity index (χ4v) is 1.65. The molecule has 0 aromatic heterocycles. The molecule has 1 rings (SSSR count). The molecule has 1 amide bonds. The molecule has 0 spiro atoms.